The van der Waals surface area contributed by atoms with Crippen LogP contribution < -0.4 is 16.0 Å². The molecule has 7 nitrogen and oxygen atoms in total. The molecule has 0 radical (unpaired) electrons. The summed E-state index contributed by atoms with van der Waals surface area (Å²) in [6.07, 6.45) is 1.44. The molecule has 0 aliphatic rings. The van der Waals surface area contributed by atoms with Crippen LogP contribution in [0.3, 0.4) is 0 Å². The average Bonchev–Trinajstić information content (AvgIpc) is 3.61. The fourth-order valence-electron chi connectivity index (χ4n) is 4.87. The van der Waals surface area contributed by atoms with Crippen LogP contribution in [0.15, 0.2) is 143 Å². The summed E-state index contributed by atoms with van der Waals surface area (Å²) in [5, 5.41) is 11.5. The van der Waals surface area contributed by atoms with E-state index in [9.17, 15) is 14.4 Å². The number of thioether (sulfide) groups is 1. The van der Waals surface area contributed by atoms with Gasteiger partial charge in [-0.25, -0.2) is 4.98 Å². The number of nitrogens with one attached hydrogen (secondary N) is 3. The molecule has 0 aliphatic heterocycles. The Morgan fingerprint density at radius 2 is 1.41 bits per heavy atom. The summed E-state index contributed by atoms with van der Waals surface area (Å²) in [4.78, 5) is 46.0. The largest absolute Gasteiger partial charge is 0.321 e. The molecule has 1 aromatic heterocycles. The van der Waals surface area contributed by atoms with E-state index in [1.807, 2.05) is 53.9 Å². The van der Waals surface area contributed by atoms with Gasteiger partial charge in [-0.2, -0.15) is 0 Å². The first-order valence-corrected chi connectivity index (χ1v) is 18.3. The molecule has 1 heterocycles. The highest BCUT2D eigenvalue weighted by molar-refractivity contribution is 8.00. The van der Waals surface area contributed by atoms with Gasteiger partial charge in [-0.05, 0) is 66.2 Å². The number of benzene rings is 5. The molecule has 3 N–H and O–H groups in total. The van der Waals surface area contributed by atoms with E-state index < -0.39 is 17.1 Å². The minimum atomic E-state index is -0.650. The summed E-state index contributed by atoms with van der Waals surface area (Å²) in [5.41, 5.74) is 3.51. The Labute approximate surface area is 317 Å². The summed E-state index contributed by atoms with van der Waals surface area (Å²) < 4.78 is 0. The Balaban J connectivity index is 1.22. The molecule has 51 heavy (non-hydrogen) atoms. The highest BCUT2D eigenvalue weighted by Gasteiger charge is 2.24. The molecule has 254 valence electrons. The Morgan fingerprint density at radius 1 is 0.745 bits per heavy atom. The molecule has 1 atom stereocenters. The molecule has 0 aliphatic carbocycles. The number of hydrogen-bond donors (Lipinski definition) is 3. The van der Waals surface area contributed by atoms with Gasteiger partial charge in [0.25, 0.3) is 11.8 Å². The van der Waals surface area contributed by atoms with E-state index in [4.69, 9.17) is 34.8 Å². The van der Waals surface area contributed by atoms with Crippen LogP contribution in [0.1, 0.15) is 26.7 Å². The van der Waals surface area contributed by atoms with Crippen molar-refractivity contribution in [3.05, 3.63) is 170 Å². The first-order valence-electron chi connectivity index (χ1n) is 15.4. The van der Waals surface area contributed by atoms with Crippen molar-refractivity contribution in [1.82, 2.24) is 10.3 Å². The first kappa shape index (κ1) is 35.9. The third-order valence-corrected chi connectivity index (χ3v) is 10.3. The van der Waals surface area contributed by atoms with Crippen molar-refractivity contribution in [2.75, 3.05) is 10.6 Å². The smallest absolute Gasteiger partial charge is 0.272 e. The fourth-order valence-corrected chi connectivity index (χ4v) is 7.31. The molecular weight excluding hydrogens is 743 g/mol. The Morgan fingerprint density at radius 3 is 2.12 bits per heavy atom. The van der Waals surface area contributed by atoms with E-state index in [0.29, 0.717) is 41.9 Å². The van der Waals surface area contributed by atoms with Gasteiger partial charge in [0.15, 0.2) is 5.13 Å². The van der Waals surface area contributed by atoms with Crippen LogP contribution in [0, 0.1) is 0 Å². The van der Waals surface area contributed by atoms with E-state index >= 15 is 0 Å². The maximum Gasteiger partial charge on any atom is 0.272 e. The van der Waals surface area contributed by atoms with Crippen molar-refractivity contribution in [1.29, 1.82) is 0 Å². The minimum absolute atomic E-state index is 0.0696. The molecule has 6 rings (SSSR count). The summed E-state index contributed by atoms with van der Waals surface area (Å²) in [5.74, 6) is -1.35. The number of carbonyl (C=O) groups is 3. The molecule has 0 bridgehead atoms. The van der Waals surface area contributed by atoms with Gasteiger partial charge in [0.1, 0.15) is 10.9 Å². The highest BCUT2D eigenvalue weighted by Crippen LogP contribution is 2.38. The molecule has 0 fully saturated rings. The molecule has 5 aromatic carbocycles. The number of halogens is 3. The molecule has 6 aromatic rings. The highest BCUT2D eigenvalue weighted by atomic mass is 35.5. The van der Waals surface area contributed by atoms with Crippen LogP contribution in [0.5, 0.6) is 0 Å². The third kappa shape index (κ3) is 9.46. The summed E-state index contributed by atoms with van der Waals surface area (Å²) in [6, 6.07) is 37.3. The standard InChI is InChI=1S/C39H27Cl3N4O3S2/c40-27-19-17-24(18-20-27)34-23-50-39(45-34)46-38(49)35(25-9-3-1-4-10-25)51-29-14-7-13-28(21-29)43-37(48)33(22-30-31(41)15-8-16-32(30)42)44-36(47)26-11-5-2-6-12-26/h1-23,35H,(H,43,48)(H,44,47)(H,45,46,49)/b33-22+. The van der Waals surface area contributed by atoms with Crippen molar-refractivity contribution in [2.45, 2.75) is 10.1 Å². The summed E-state index contributed by atoms with van der Waals surface area (Å²) >= 11 is 21.5. The van der Waals surface area contributed by atoms with Gasteiger partial charge in [-0.3, -0.25) is 14.4 Å². The van der Waals surface area contributed by atoms with Crippen molar-refractivity contribution in [3.8, 4) is 11.3 Å². The van der Waals surface area contributed by atoms with Crippen LogP contribution in [-0.2, 0) is 9.59 Å². The van der Waals surface area contributed by atoms with E-state index in [0.717, 1.165) is 16.8 Å². The number of thiazole rings is 1. The normalized spacial score (nSPS) is 11.8. The maximum absolute atomic E-state index is 13.8. The zero-order chi connectivity index (χ0) is 35.7. The Hall–Kier alpha value is -4.90. The van der Waals surface area contributed by atoms with Gasteiger partial charge in [-0.1, -0.05) is 108 Å². The topological polar surface area (TPSA) is 100 Å². The predicted molar refractivity (Wildman–Crippen MR) is 210 cm³/mol. The number of rotatable bonds is 11. The maximum atomic E-state index is 13.8. The van der Waals surface area contributed by atoms with Crippen LogP contribution >= 0.6 is 57.9 Å². The van der Waals surface area contributed by atoms with Crippen molar-refractivity contribution in [2.24, 2.45) is 0 Å². The van der Waals surface area contributed by atoms with Crippen molar-refractivity contribution < 1.29 is 14.4 Å². The van der Waals surface area contributed by atoms with E-state index in [2.05, 4.69) is 20.9 Å². The average molecular weight is 770 g/mol. The summed E-state index contributed by atoms with van der Waals surface area (Å²) in [6.45, 7) is 0. The van der Waals surface area contributed by atoms with Crippen LogP contribution in [-0.4, -0.2) is 22.7 Å². The number of anilines is 2. The quantitative estimate of drug-likeness (QED) is 0.0900. The number of hydrogen-bond acceptors (Lipinski definition) is 6. The monoisotopic (exact) mass is 768 g/mol. The third-order valence-electron chi connectivity index (χ3n) is 7.38. The molecule has 0 saturated carbocycles. The molecule has 3 amide bonds. The van der Waals surface area contributed by atoms with Crippen LogP contribution in [0.4, 0.5) is 10.8 Å². The lowest BCUT2D eigenvalue weighted by Gasteiger charge is -2.17. The molecular formula is C39H27Cl3N4O3S2. The predicted octanol–water partition coefficient (Wildman–Crippen LogP) is 10.7. The number of carbonyl (C=O) groups excluding carboxylic acids is 3. The lowest BCUT2D eigenvalue weighted by molar-refractivity contribution is -0.116. The first-order chi connectivity index (χ1) is 24.7. The van der Waals surface area contributed by atoms with Gasteiger partial charge in [0.05, 0.1) is 5.69 Å². The lowest BCUT2D eigenvalue weighted by atomic mass is 10.1. The van der Waals surface area contributed by atoms with Gasteiger partial charge in [0.2, 0.25) is 5.91 Å². The molecule has 0 saturated heterocycles. The second-order valence-corrected chi connectivity index (χ2v) is 14.2. The molecule has 0 spiro atoms. The van der Waals surface area contributed by atoms with E-state index in [1.54, 1.807) is 78.9 Å². The lowest BCUT2D eigenvalue weighted by Crippen LogP contribution is -2.30. The minimum Gasteiger partial charge on any atom is -0.321 e. The Bertz CT molecular complexity index is 2190. The number of amides is 3. The number of aromatic nitrogens is 1. The second kappa shape index (κ2) is 16.9. The zero-order valence-electron chi connectivity index (χ0n) is 26.5. The Kier molecular flexibility index (Phi) is 11.9. The van der Waals surface area contributed by atoms with Crippen molar-refractivity contribution >= 4 is 92.5 Å². The SMILES string of the molecule is O=C(Nc1cccc(SC(C(=O)Nc2nc(-c3ccc(Cl)cc3)cs2)c2ccccc2)c1)/C(=C\c1c(Cl)cccc1Cl)NC(=O)c1ccccc1. The molecule has 12 heteroatoms. The summed E-state index contributed by atoms with van der Waals surface area (Å²) in [7, 11) is 0. The van der Waals surface area contributed by atoms with Gasteiger partial charge in [0, 0.05) is 47.7 Å². The molecule has 1 unspecified atom stereocenters. The van der Waals surface area contributed by atoms with Gasteiger partial charge in [-0.15, -0.1) is 23.1 Å². The second-order valence-electron chi connectivity index (χ2n) is 10.9. The van der Waals surface area contributed by atoms with Gasteiger partial charge < -0.3 is 16.0 Å². The van der Waals surface area contributed by atoms with Crippen LogP contribution in [0.2, 0.25) is 15.1 Å². The van der Waals surface area contributed by atoms with Crippen LogP contribution in [0.25, 0.3) is 17.3 Å². The van der Waals surface area contributed by atoms with Crippen molar-refractivity contribution in [3.63, 3.8) is 0 Å². The fraction of sp³-hybridized carbons (Fsp3) is 0.0256. The van der Waals surface area contributed by atoms with E-state index in [-0.39, 0.29) is 11.6 Å². The van der Waals surface area contributed by atoms with Gasteiger partial charge >= 0.3 is 0 Å². The number of nitrogens with zero attached hydrogens (tertiary/aromatic N) is 1. The van der Waals surface area contributed by atoms with E-state index in [1.165, 1.54) is 29.2 Å². The zero-order valence-corrected chi connectivity index (χ0v) is 30.4.